The van der Waals surface area contributed by atoms with Crippen LogP contribution in [0.2, 0.25) is 0 Å². The van der Waals surface area contributed by atoms with Crippen LogP contribution in [0.5, 0.6) is 0 Å². The third kappa shape index (κ3) is 4.05. The van der Waals surface area contributed by atoms with Crippen LogP contribution in [-0.4, -0.2) is 35.3 Å². The van der Waals surface area contributed by atoms with Crippen molar-refractivity contribution in [2.45, 2.75) is 103 Å². The Kier molecular flexibility index (Phi) is 5.53. The van der Waals surface area contributed by atoms with Crippen molar-refractivity contribution < 1.29 is 9.59 Å². The van der Waals surface area contributed by atoms with Gasteiger partial charge in [-0.05, 0) is 89.4 Å². The molecular formula is C23H38N2O2. The fourth-order valence-electron chi connectivity index (χ4n) is 7.05. The Hall–Kier alpha value is -1.06. The van der Waals surface area contributed by atoms with Crippen molar-refractivity contribution in [3.8, 4) is 0 Å². The molecule has 5 saturated carbocycles. The van der Waals surface area contributed by atoms with Crippen LogP contribution < -0.4 is 5.32 Å². The minimum atomic E-state index is -0.0644. The summed E-state index contributed by atoms with van der Waals surface area (Å²) in [7, 11) is 0. The fraction of sp³-hybridized carbons (Fsp3) is 0.913. The van der Waals surface area contributed by atoms with Gasteiger partial charge in [0.2, 0.25) is 11.8 Å². The van der Waals surface area contributed by atoms with Gasteiger partial charge in [0.25, 0.3) is 0 Å². The van der Waals surface area contributed by atoms with Gasteiger partial charge in [0.15, 0.2) is 0 Å². The van der Waals surface area contributed by atoms with Gasteiger partial charge in [-0.1, -0.05) is 12.8 Å². The average molecular weight is 375 g/mol. The Bertz CT molecular complexity index is 529. The quantitative estimate of drug-likeness (QED) is 0.723. The molecule has 4 nitrogen and oxygen atoms in total. The second-order valence-electron chi connectivity index (χ2n) is 10.4. The van der Waals surface area contributed by atoms with Gasteiger partial charge in [0.1, 0.15) is 0 Å². The number of hydrogen-bond donors (Lipinski definition) is 1. The third-order valence-corrected chi connectivity index (χ3v) is 7.90. The maximum Gasteiger partial charge on any atom is 0.229 e. The fourth-order valence-corrected chi connectivity index (χ4v) is 7.05. The molecule has 0 spiro atoms. The van der Waals surface area contributed by atoms with Gasteiger partial charge >= 0.3 is 0 Å². The molecule has 0 radical (unpaired) electrons. The van der Waals surface area contributed by atoms with Gasteiger partial charge in [-0.2, -0.15) is 0 Å². The predicted octanol–water partition coefficient (Wildman–Crippen LogP) is 4.28. The highest BCUT2D eigenvalue weighted by molar-refractivity contribution is 5.83. The zero-order chi connectivity index (χ0) is 19.0. The van der Waals surface area contributed by atoms with Crippen molar-refractivity contribution in [2.24, 2.45) is 23.2 Å². The summed E-state index contributed by atoms with van der Waals surface area (Å²) in [5.41, 5.74) is -0.0644. The van der Waals surface area contributed by atoms with E-state index in [1.165, 1.54) is 32.1 Å². The van der Waals surface area contributed by atoms with Crippen LogP contribution in [0.25, 0.3) is 0 Å². The van der Waals surface area contributed by atoms with Gasteiger partial charge in [-0.25, -0.2) is 0 Å². The molecule has 5 aliphatic rings. The summed E-state index contributed by atoms with van der Waals surface area (Å²) >= 11 is 0. The smallest absolute Gasteiger partial charge is 0.229 e. The van der Waals surface area contributed by atoms with Gasteiger partial charge in [-0.15, -0.1) is 0 Å². The normalized spacial score (nSPS) is 35.0. The molecule has 5 rings (SSSR count). The molecule has 0 aromatic carbocycles. The minimum Gasteiger partial charge on any atom is -0.353 e. The molecule has 0 atom stereocenters. The molecule has 1 N–H and O–H groups in total. The van der Waals surface area contributed by atoms with E-state index in [1.54, 1.807) is 0 Å². The molecular weight excluding hydrogens is 336 g/mol. The Morgan fingerprint density at radius 2 is 1.56 bits per heavy atom. The molecule has 2 amide bonds. The van der Waals surface area contributed by atoms with E-state index in [9.17, 15) is 9.59 Å². The molecule has 0 aromatic heterocycles. The number of carbonyl (C=O) groups excluding carboxylic acids is 2. The van der Waals surface area contributed by atoms with Crippen LogP contribution in [0.4, 0.5) is 0 Å². The summed E-state index contributed by atoms with van der Waals surface area (Å²) in [6.07, 6.45) is 13.6. The number of hydrogen-bond acceptors (Lipinski definition) is 2. The summed E-state index contributed by atoms with van der Waals surface area (Å²) in [5.74, 6) is 2.98. The van der Waals surface area contributed by atoms with Gasteiger partial charge in [0.05, 0.1) is 5.41 Å². The Morgan fingerprint density at radius 3 is 2.07 bits per heavy atom. The van der Waals surface area contributed by atoms with Crippen LogP contribution in [-0.2, 0) is 9.59 Å². The standard InChI is InChI=1S/C23H38N2O2/c1-16(2)25(9-5-8-21(26)24-20-6-3-4-7-20)22(27)23-13-17-10-18(14-23)12-19(11-17)15-23/h16-20H,3-15H2,1-2H3,(H,24,26). The van der Waals surface area contributed by atoms with E-state index in [0.717, 1.165) is 62.8 Å². The number of rotatable bonds is 7. The lowest BCUT2D eigenvalue weighted by Crippen LogP contribution is -2.56. The molecule has 5 aliphatic carbocycles. The van der Waals surface area contributed by atoms with Crippen LogP contribution in [0.1, 0.15) is 90.9 Å². The molecule has 27 heavy (non-hydrogen) atoms. The molecule has 0 saturated heterocycles. The lowest BCUT2D eigenvalue weighted by Gasteiger charge is -2.57. The SMILES string of the molecule is CC(C)N(CCCC(=O)NC1CCCC1)C(=O)C12CC3CC(CC(C3)C1)C2. The summed E-state index contributed by atoms with van der Waals surface area (Å²) in [4.78, 5) is 28.0. The summed E-state index contributed by atoms with van der Waals surface area (Å²) in [6, 6.07) is 0.621. The van der Waals surface area contributed by atoms with Crippen molar-refractivity contribution in [1.29, 1.82) is 0 Å². The predicted molar refractivity (Wildman–Crippen MR) is 107 cm³/mol. The highest BCUT2D eigenvalue weighted by Crippen LogP contribution is 2.60. The van der Waals surface area contributed by atoms with Crippen LogP contribution in [0, 0.1) is 23.2 Å². The van der Waals surface area contributed by atoms with E-state index in [2.05, 4.69) is 24.1 Å². The molecule has 152 valence electrons. The average Bonchev–Trinajstić information content (AvgIpc) is 3.09. The van der Waals surface area contributed by atoms with Gasteiger partial charge in [0, 0.05) is 25.0 Å². The van der Waals surface area contributed by atoms with Crippen LogP contribution >= 0.6 is 0 Å². The van der Waals surface area contributed by atoms with E-state index in [0.29, 0.717) is 18.4 Å². The molecule has 5 fully saturated rings. The summed E-state index contributed by atoms with van der Waals surface area (Å²) in [6.45, 7) is 5.00. The maximum atomic E-state index is 13.6. The van der Waals surface area contributed by atoms with Crippen molar-refractivity contribution in [2.75, 3.05) is 6.54 Å². The maximum absolute atomic E-state index is 13.6. The van der Waals surface area contributed by atoms with E-state index >= 15 is 0 Å². The van der Waals surface area contributed by atoms with Crippen LogP contribution in [0.15, 0.2) is 0 Å². The molecule has 4 bridgehead atoms. The Morgan fingerprint density at radius 1 is 1.00 bits per heavy atom. The molecule has 0 aliphatic heterocycles. The highest BCUT2D eigenvalue weighted by Gasteiger charge is 2.55. The first-order valence-electron chi connectivity index (χ1n) is 11.6. The van der Waals surface area contributed by atoms with E-state index in [1.807, 2.05) is 0 Å². The summed E-state index contributed by atoms with van der Waals surface area (Å²) in [5, 5.41) is 3.18. The lowest BCUT2D eigenvalue weighted by molar-refractivity contribution is -0.159. The number of nitrogens with one attached hydrogen (secondary N) is 1. The summed E-state index contributed by atoms with van der Waals surface area (Å²) < 4.78 is 0. The second-order valence-corrected chi connectivity index (χ2v) is 10.4. The first kappa shape index (κ1) is 19.3. The van der Waals surface area contributed by atoms with Crippen LogP contribution in [0.3, 0.4) is 0 Å². The topological polar surface area (TPSA) is 49.4 Å². The van der Waals surface area contributed by atoms with Gasteiger partial charge in [-0.3, -0.25) is 9.59 Å². The number of amides is 2. The minimum absolute atomic E-state index is 0.0644. The molecule has 0 aromatic rings. The van der Waals surface area contributed by atoms with Crippen molar-refractivity contribution in [3.63, 3.8) is 0 Å². The highest BCUT2D eigenvalue weighted by atomic mass is 16.2. The largest absolute Gasteiger partial charge is 0.353 e. The Balaban J connectivity index is 1.32. The zero-order valence-corrected chi connectivity index (χ0v) is 17.3. The van der Waals surface area contributed by atoms with Gasteiger partial charge < -0.3 is 10.2 Å². The second kappa shape index (κ2) is 7.75. The first-order chi connectivity index (χ1) is 12.9. The lowest BCUT2D eigenvalue weighted by atomic mass is 9.49. The van der Waals surface area contributed by atoms with Crippen molar-refractivity contribution >= 4 is 11.8 Å². The van der Waals surface area contributed by atoms with E-state index in [4.69, 9.17) is 0 Å². The molecule has 0 heterocycles. The zero-order valence-electron chi connectivity index (χ0n) is 17.3. The third-order valence-electron chi connectivity index (χ3n) is 7.90. The monoisotopic (exact) mass is 374 g/mol. The number of carbonyl (C=O) groups is 2. The first-order valence-corrected chi connectivity index (χ1v) is 11.6. The molecule has 0 unspecified atom stereocenters. The van der Waals surface area contributed by atoms with Crippen molar-refractivity contribution in [1.82, 2.24) is 10.2 Å². The van der Waals surface area contributed by atoms with E-state index in [-0.39, 0.29) is 17.4 Å². The van der Waals surface area contributed by atoms with Crippen molar-refractivity contribution in [3.05, 3.63) is 0 Å². The van der Waals surface area contributed by atoms with E-state index < -0.39 is 0 Å². The molecule has 4 heteroatoms. The number of nitrogens with zero attached hydrogens (tertiary/aromatic N) is 1. The Labute approximate surface area is 164 Å².